The summed E-state index contributed by atoms with van der Waals surface area (Å²) in [6.07, 6.45) is 0. The second-order valence-corrected chi connectivity index (χ2v) is 4.84. The van der Waals surface area contributed by atoms with Crippen LogP contribution in [-0.2, 0) is 0 Å². The SMILES string of the molecule is C.Cc1cc(F)cc(C(=O)O)c1.Nc1cc(Cl)cc(C(=O)O)c1. The summed E-state index contributed by atoms with van der Waals surface area (Å²) in [6.45, 7) is 1.65. The minimum Gasteiger partial charge on any atom is -0.478 e. The van der Waals surface area contributed by atoms with Gasteiger partial charge in [0.2, 0.25) is 0 Å². The van der Waals surface area contributed by atoms with Gasteiger partial charge in [-0.15, -0.1) is 0 Å². The van der Waals surface area contributed by atoms with Crippen molar-refractivity contribution in [3.63, 3.8) is 0 Å². The van der Waals surface area contributed by atoms with E-state index in [0.29, 0.717) is 16.3 Å². The molecule has 5 nitrogen and oxygen atoms in total. The van der Waals surface area contributed by atoms with Crippen LogP contribution in [-0.4, -0.2) is 22.2 Å². The van der Waals surface area contributed by atoms with Gasteiger partial charge < -0.3 is 15.9 Å². The third-order valence-electron chi connectivity index (χ3n) is 2.46. The Morgan fingerprint density at radius 2 is 1.52 bits per heavy atom. The number of nitrogen functional groups attached to an aromatic ring is 1. The molecule has 2 rings (SSSR count). The predicted octanol–water partition coefficient (Wildman–Crippen LogP) is 4.09. The summed E-state index contributed by atoms with van der Waals surface area (Å²) in [7, 11) is 0. The summed E-state index contributed by atoms with van der Waals surface area (Å²) in [6, 6.07) is 7.90. The Morgan fingerprint density at radius 1 is 1.00 bits per heavy atom. The van der Waals surface area contributed by atoms with Gasteiger partial charge in [-0.1, -0.05) is 19.0 Å². The lowest BCUT2D eigenvalue weighted by molar-refractivity contribution is 0.0686. The molecule has 0 atom stereocenters. The first-order valence-corrected chi connectivity index (χ1v) is 6.36. The Bertz CT molecular complexity index is 617. The highest BCUT2D eigenvalue weighted by atomic mass is 35.5. The Hall–Kier alpha value is -2.60. The minimum absolute atomic E-state index is 0. The molecule has 0 aliphatic heterocycles. The van der Waals surface area contributed by atoms with Gasteiger partial charge in [-0.2, -0.15) is 0 Å². The number of rotatable bonds is 2. The van der Waals surface area contributed by atoms with E-state index in [-0.39, 0.29) is 18.6 Å². The van der Waals surface area contributed by atoms with Gasteiger partial charge in [0.25, 0.3) is 0 Å². The Morgan fingerprint density at radius 3 is 1.96 bits per heavy atom. The lowest BCUT2D eigenvalue weighted by Gasteiger charge is -1.97. The van der Waals surface area contributed by atoms with Gasteiger partial charge in [0.1, 0.15) is 5.82 Å². The van der Waals surface area contributed by atoms with E-state index in [1.54, 1.807) is 6.92 Å². The molecule has 4 N–H and O–H groups in total. The molecule has 2 aromatic rings. The maximum absolute atomic E-state index is 12.5. The van der Waals surface area contributed by atoms with Crippen molar-refractivity contribution in [1.82, 2.24) is 0 Å². The van der Waals surface area contributed by atoms with E-state index in [9.17, 15) is 14.0 Å². The van der Waals surface area contributed by atoms with Crippen LogP contribution in [0, 0.1) is 12.7 Å². The number of aryl methyl sites for hydroxylation is 1. The van der Waals surface area contributed by atoms with Crippen LogP contribution in [0.5, 0.6) is 0 Å². The average molecular weight is 342 g/mol. The number of halogens is 2. The first-order valence-electron chi connectivity index (χ1n) is 5.99. The van der Waals surface area contributed by atoms with Crippen LogP contribution in [0.1, 0.15) is 33.7 Å². The largest absolute Gasteiger partial charge is 0.478 e. The minimum atomic E-state index is -1.10. The number of hydrogen-bond acceptors (Lipinski definition) is 3. The number of nitrogens with two attached hydrogens (primary N) is 1. The second-order valence-electron chi connectivity index (χ2n) is 4.40. The third-order valence-corrected chi connectivity index (χ3v) is 2.67. The molecule has 0 aromatic heterocycles. The molecule has 0 saturated carbocycles. The number of hydrogen-bond donors (Lipinski definition) is 3. The lowest BCUT2D eigenvalue weighted by Crippen LogP contribution is -1.97. The molecule has 0 heterocycles. The smallest absolute Gasteiger partial charge is 0.335 e. The fourth-order valence-corrected chi connectivity index (χ4v) is 1.84. The van der Waals surface area contributed by atoms with Crippen LogP contribution < -0.4 is 5.73 Å². The molecule has 0 amide bonds. The van der Waals surface area contributed by atoms with E-state index in [0.717, 1.165) is 6.07 Å². The van der Waals surface area contributed by atoms with E-state index in [1.165, 1.54) is 30.3 Å². The van der Waals surface area contributed by atoms with E-state index in [4.69, 9.17) is 27.5 Å². The molecule has 0 fully saturated rings. The van der Waals surface area contributed by atoms with E-state index in [2.05, 4.69) is 0 Å². The predicted molar refractivity (Wildman–Crippen MR) is 87.7 cm³/mol. The van der Waals surface area contributed by atoms with Gasteiger partial charge in [0.05, 0.1) is 11.1 Å². The molecule has 23 heavy (non-hydrogen) atoms. The maximum atomic E-state index is 12.5. The number of benzene rings is 2. The van der Waals surface area contributed by atoms with Crippen molar-refractivity contribution in [3.8, 4) is 0 Å². The average Bonchev–Trinajstić information content (AvgIpc) is 2.37. The molecule has 0 aliphatic carbocycles. The molecular weight excluding hydrogens is 325 g/mol. The van der Waals surface area contributed by atoms with Gasteiger partial charge in [0, 0.05) is 10.7 Å². The van der Waals surface area contributed by atoms with E-state index < -0.39 is 17.8 Å². The Balaban J connectivity index is 0.000000403. The van der Waals surface area contributed by atoms with Crippen LogP contribution >= 0.6 is 11.6 Å². The molecule has 0 spiro atoms. The molecule has 0 bridgehead atoms. The van der Waals surface area contributed by atoms with Gasteiger partial charge in [-0.25, -0.2) is 14.0 Å². The summed E-state index contributed by atoms with van der Waals surface area (Å²) in [5.74, 6) is -2.64. The summed E-state index contributed by atoms with van der Waals surface area (Å²) < 4.78 is 12.5. The molecule has 0 saturated heterocycles. The van der Waals surface area contributed by atoms with Gasteiger partial charge >= 0.3 is 11.9 Å². The number of carbonyl (C=O) groups is 2. The fourth-order valence-electron chi connectivity index (χ4n) is 1.60. The van der Waals surface area contributed by atoms with E-state index in [1.807, 2.05) is 0 Å². The molecular formula is C16H17ClFNO4. The van der Waals surface area contributed by atoms with Gasteiger partial charge in [-0.05, 0) is 48.9 Å². The molecule has 124 valence electrons. The molecule has 0 unspecified atom stereocenters. The van der Waals surface area contributed by atoms with Crippen molar-refractivity contribution < 1.29 is 24.2 Å². The van der Waals surface area contributed by atoms with Crippen LogP contribution in [0.15, 0.2) is 36.4 Å². The van der Waals surface area contributed by atoms with Crippen molar-refractivity contribution in [1.29, 1.82) is 0 Å². The summed E-state index contributed by atoms with van der Waals surface area (Å²) in [4.78, 5) is 20.7. The summed E-state index contributed by atoms with van der Waals surface area (Å²) >= 11 is 5.55. The van der Waals surface area contributed by atoms with E-state index >= 15 is 0 Å². The van der Waals surface area contributed by atoms with Crippen molar-refractivity contribution in [2.45, 2.75) is 14.4 Å². The third kappa shape index (κ3) is 6.80. The van der Waals surface area contributed by atoms with Crippen molar-refractivity contribution >= 4 is 29.2 Å². The lowest BCUT2D eigenvalue weighted by atomic mass is 10.1. The molecule has 0 aliphatic rings. The fraction of sp³-hybridized carbons (Fsp3) is 0.125. The first kappa shape index (κ1) is 20.4. The normalized spacial score (nSPS) is 9.17. The highest BCUT2D eigenvalue weighted by Crippen LogP contribution is 2.16. The van der Waals surface area contributed by atoms with Crippen LogP contribution in [0.4, 0.5) is 10.1 Å². The Kier molecular flexibility index (Phi) is 7.76. The van der Waals surface area contributed by atoms with Crippen molar-refractivity contribution in [2.24, 2.45) is 0 Å². The standard InChI is InChI=1S/C8H7FO2.C7H6ClNO2.CH4/c1-5-2-6(8(10)11)4-7(9)3-5;8-5-1-4(7(10)11)2-6(9)3-5;/h2-4H,1H3,(H,10,11);1-3H,9H2,(H,10,11);1H4. The van der Waals surface area contributed by atoms with Crippen molar-refractivity contribution in [2.75, 3.05) is 5.73 Å². The van der Waals surface area contributed by atoms with Gasteiger partial charge in [0.15, 0.2) is 0 Å². The summed E-state index contributed by atoms with van der Waals surface area (Å²) in [5.41, 5.74) is 6.41. The zero-order valence-electron chi connectivity index (χ0n) is 11.5. The van der Waals surface area contributed by atoms with Gasteiger partial charge in [-0.3, -0.25) is 0 Å². The summed E-state index contributed by atoms with van der Waals surface area (Å²) in [5, 5.41) is 17.3. The number of anilines is 1. The topological polar surface area (TPSA) is 101 Å². The van der Waals surface area contributed by atoms with Crippen molar-refractivity contribution in [3.05, 3.63) is 63.9 Å². The monoisotopic (exact) mass is 341 g/mol. The molecule has 2 aromatic carbocycles. The first-order chi connectivity index (χ1) is 10.2. The highest BCUT2D eigenvalue weighted by Gasteiger charge is 2.04. The number of carboxylic acids is 2. The Labute approximate surface area is 138 Å². The van der Waals surface area contributed by atoms with Crippen LogP contribution in [0.3, 0.4) is 0 Å². The van der Waals surface area contributed by atoms with Crippen LogP contribution in [0.25, 0.3) is 0 Å². The number of carboxylic acid groups (broad SMARTS) is 2. The molecule has 7 heteroatoms. The quantitative estimate of drug-likeness (QED) is 0.714. The second kappa shape index (κ2) is 8.75. The zero-order chi connectivity index (χ0) is 16.9. The zero-order valence-corrected chi connectivity index (χ0v) is 12.3. The molecule has 0 radical (unpaired) electrons. The highest BCUT2D eigenvalue weighted by molar-refractivity contribution is 6.31. The number of aromatic carboxylic acids is 2. The maximum Gasteiger partial charge on any atom is 0.335 e. The van der Waals surface area contributed by atoms with Crippen LogP contribution in [0.2, 0.25) is 5.02 Å².